The van der Waals surface area contributed by atoms with Gasteiger partial charge in [0.05, 0.1) is 30.2 Å². The summed E-state index contributed by atoms with van der Waals surface area (Å²) in [5.41, 5.74) is 1.47. The van der Waals surface area contributed by atoms with Crippen molar-refractivity contribution in [1.29, 1.82) is 0 Å². The normalized spacial score (nSPS) is 15.2. The number of benzene rings is 2. The van der Waals surface area contributed by atoms with Crippen LogP contribution in [0, 0.1) is 0 Å². The van der Waals surface area contributed by atoms with Crippen molar-refractivity contribution in [2.45, 2.75) is 52.5 Å². The number of hydrogen-bond donors (Lipinski definition) is 0. The standard InChI is InChI=1S/C27H31NO5/c1-4-7-10-16-32-21-14-13-18(17-22(21)31-6-3)24-23-25(29)19-11-8-9-12-20(19)33-26(23)27(30)28(24)15-5-2/h8-9,11-14,17,24H,4-7,10,15-16H2,1-3H3/t24-/m0/s1. The van der Waals surface area contributed by atoms with E-state index in [0.29, 0.717) is 47.8 Å². The zero-order chi connectivity index (χ0) is 23.4. The molecule has 0 N–H and O–H groups in total. The molecule has 1 aliphatic heterocycles. The maximum absolute atomic E-state index is 13.5. The maximum atomic E-state index is 13.5. The molecule has 6 nitrogen and oxygen atoms in total. The van der Waals surface area contributed by atoms with Gasteiger partial charge in [0.25, 0.3) is 5.91 Å². The summed E-state index contributed by atoms with van der Waals surface area (Å²) in [6.07, 6.45) is 3.98. The van der Waals surface area contributed by atoms with Crippen LogP contribution in [-0.4, -0.2) is 30.6 Å². The van der Waals surface area contributed by atoms with Gasteiger partial charge in [-0.05, 0) is 49.6 Å². The van der Waals surface area contributed by atoms with E-state index < -0.39 is 6.04 Å². The summed E-state index contributed by atoms with van der Waals surface area (Å²) in [4.78, 5) is 28.5. The predicted molar refractivity (Wildman–Crippen MR) is 128 cm³/mol. The molecule has 6 heteroatoms. The average Bonchev–Trinajstić information content (AvgIpc) is 3.10. The van der Waals surface area contributed by atoms with Gasteiger partial charge in [-0.1, -0.05) is 44.9 Å². The van der Waals surface area contributed by atoms with Gasteiger partial charge < -0.3 is 18.8 Å². The van der Waals surface area contributed by atoms with Gasteiger partial charge in [-0.2, -0.15) is 0 Å². The van der Waals surface area contributed by atoms with Crippen LogP contribution in [0.4, 0.5) is 0 Å². The molecule has 3 aromatic rings. The number of carbonyl (C=O) groups is 1. The van der Waals surface area contributed by atoms with Gasteiger partial charge in [-0.3, -0.25) is 9.59 Å². The molecule has 0 spiro atoms. The fraction of sp³-hybridized carbons (Fsp3) is 0.407. The molecule has 0 radical (unpaired) electrons. The van der Waals surface area contributed by atoms with Crippen LogP contribution < -0.4 is 14.9 Å². The number of nitrogens with zero attached hydrogens (tertiary/aromatic N) is 1. The van der Waals surface area contributed by atoms with Crippen LogP contribution in [0.5, 0.6) is 11.5 Å². The van der Waals surface area contributed by atoms with Crippen LogP contribution in [0.15, 0.2) is 51.7 Å². The van der Waals surface area contributed by atoms with Crippen molar-refractivity contribution in [3.63, 3.8) is 0 Å². The van der Waals surface area contributed by atoms with E-state index in [4.69, 9.17) is 13.9 Å². The first-order valence-electron chi connectivity index (χ1n) is 11.9. The average molecular weight is 450 g/mol. The SMILES string of the molecule is CCCCCOc1ccc([C@H]2c3c(oc4ccccc4c3=O)C(=O)N2CCC)cc1OCC. The molecule has 0 bridgehead atoms. The van der Waals surface area contributed by atoms with Crippen LogP contribution >= 0.6 is 0 Å². The number of para-hydroxylation sites is 1. The molecule has 0 aliphatic carbocycles. The third-order valence-corrected chi connectivity index (χ3v) is 5.93. The van der Waals surface area contributed by atoms with Crippen LogP contribution in [0.3, 0.4) is 0 Å². The largest absolute Gasteiger partial charge is 0.490 e. The number of ether oxygens (including phenoxy) is 2. The molecule has 1 aromatic heterocycles. The van der Waals surface area contributed by atoms with Gasteiger partial charge in [0.2, 0.25) is 5.76 Å². The summed E-state index contributed by atoms with van der Waals surface area (Å²) in [6, 6.07) is 12.2. The Morgan fingerprint density at radius 2 is 1.76 bits per heavy atom. The van der Waals surface area contributed by atoms with E-state index in [0.717, 1.165) is 31.2 Å². The quantitative estimate of drug-likeness (QED) is 0.371. The fourth-order valence-corrected chi connectivity index (χ4v) is 4.40. The zero-order valence-electron chi connectivity index (χ0n) is 19.6. The third kappa shape index (κ3) is 4.34. The van der Waals surface area contributed by atoms with E-state index in [1.807, 2.05) is 32.0 Å². The number of fused-ring (bicyclic) bond motifs is 2. The molecule has 1 amide bonds. The highest BCUT2D eigenvalue weighted by molar-refractivity contribution is 5.99. The topological polar surface area (TPSA) is 69.0 Å². The highest BCUT2D eigenvalue weighted by Crippen LogP contribution is 2.41. The van der Waals surface area contributed by atoms with Crippen LogP contribution in [0.2, 0.25) is 0 Å². The smallest absolute Gasteiger partial charge is 0.290 e. The molecule has 0 saturated carbocycles. The first kappa shape index (κ1) is 22.9. The number of rotatable bonds is 10. The Balaban J connectivity index is 1.80. The molecule has 0 saturated heterocycles. The van der Waals surface area contributed by atoms with Crippen molar-refractivity contribution in [3.05, 3.63) is 69.6 Å². The van der Waals surface area contributed by atoms with E-state index in [9.17, 15) is 9.59 Å². The van der Waals surface area contributed by atoms with Crippen molar-refractivity contribution in [2.75, 3.05) is 19.8 Å². The second-order valence-electron chi connectivity index (χ2n) is 8.27. The lowest BCUT2D eigenvalue weighted by molar-refractivity contribution is 0.0728. The summed E-state index contributed by atoms with van der Waals surface area (Å²) < 4.78 is 17.8. The number of amides is 1. The highest BCUT2D eigenvalue weighted by Gasteiger charge is 2.42. The molecule has 0 fully saturated rings. The minimum Gasteiger partial charge on any atom is -0.490 e. The molecule has 0 unspecified atom stereocenters. The van der Waals surface area contributed by atoms with Gasteiger partial charge in [0.15, 0.2) is 16.9 Å². The lowest BCUT2D eigenvalue weighted by Crippen LogP contribution is -2.30. The van der Waals surface area contributed by atoms with E-state index >= 15 is 0 Å². The van der Waals surface area contributed by atoms with E-state index in [1.54, 1.807) is 29.2 Å². The van der Waals surface area contributed by atoms with Crippen LogP contribution in [0.1, 0.15) is 74.2 Å². The second-order valence-corrected chi connectivity index (χ2v) is 8.27. The molecule has 1 aliphatic rings. The fourth-order valence-electron chi connectivity index (χ4n) is 4.40. The summed E-state index contributed by atoms with van der Waals surface area (Å²) >= 11 is 0. The predicted octanol–water partition coefficient (Wildman–Crippen LogP) is 5.72. The Morgan fingerprint density at radius 1 is 0.939 bits per heavy atom. The first-order chi connectivity index (χ1) is 16.1. The molecule has 174 valence electrons. The summed E-state index contributed by atoms with van der Waals surface area (Å²) in [6.45, 7) is 7.71. The zero-order valence-corrected chi connectivity index (χ0v) is 19.6. The van der Waals surface area contributed by atoms with Crippen LogP contribution in [0.25, 0.3) is 11.0 Å². The molecule has 4 rings (SSSR count). The third-order valence-electron chi connectivity index (χ3n) is 5.93. The van der Waals surface area contributed by atoms with Crippen molar-refractivity contribution in [3.8, 4) is 11.5 Å². The Hall–Kier alpha value is -3.28. The maximum Gasteiger partial charge on any atom is 0.290 e. The Morgan fingerprint density at radius 3 is 2.52 bits per heavy atom. The number of hydrogen-bond acceptors (Lipinski definition) is 5. The minimum absolute atomic E-state index is 0.134. The van der Waals surface area contributed by atoms with Crippen LogP contribution in [-0.2, 0) is 0 Å². The van der Waals surface area contributed by atoms with E-state index in [1.165, 1.54) is 0 Å². The first-order valence-corrected chi connectivity index (χ1v) is 11.9. The van der Waals surface area contributed by atoms with Gasteiger partial charge in [0.1, 0.15) is 5.58 Å². The number of carbonyl (C=O) groups excluding carboxylic acids is 1. The van der Waals surface area contributed by atoms with Crippen molar-refractivity contribution in [1.82, 2.24) is 4.90 Å². The Labute approximate surface area is 194 Å². The molecular formula is C27H31NO5. The van der Waals surface area contributed by atoms with Gasteiger partial charge in [-0.25, -0.2) is 0 Å². The molecule has 2 aromatic carbocycles. The lowest BCUT2D eigenvalue weighted by atomic mass is 9.98. The molecule has 33 heavy (non-hydrogen) atoms. The van der Waals surface area contributed by atoms with Crippen molar-refractivity contribution in [2.24, 2.45) is 0 Å². The monoisotopic (exact) mass is 449 g/mol. The van der Waals surface area contributed by atoms with Gasteiger partial charge in [-0.15, -0.1) is 0 Å². The second kappa shape index (κ2) is 10.1. The van der Waals surface area contributed by atoms with E-state index in [-0.39, 0.29) is 17.1 Å². The summed E-state index contributed by atoms with van der Waals surface area (Å²) in [5.74, 6) is 1.18. The van der Waals surface area contributed by atoms with E-state index in [2.05, 4.69) is 6.92 Å². The molecular weight excluding hydrogens is 418 g/mol. The molecule has 2 heterocycles. The van der Waals surface area contributed by atoms with Gasteiger partial charge in [0, 0.05) is 6.54 Å². The Kier molecular flexibility index (Phi) is 7.02. The van der Waals surface area contributed by atoms with Crippen molar-refractivity contribution >= 4 is 16.9 Å². The van der Waals surface area contributed by atoms with Crippen molar-refractivity contribution < 1.29 is 18.7 Å². The summed E-state index contributed by atoms with van der Waals surface area (Å²) in [5, 5.41) is 0.480. The molecule has 1 atom stereocenters. The Bertz CT molecular complexity index is 1200. The lowest BCUT2D eigenvalue weighted by Gasteiger charge is -2.25. The number of unbranched alkanes of at least 4 members (excludes halogenated alkanes) is 2. The highest BCUT2D eigenvalue weighted by atomic mass is 16.5. The summed E-state index contributed by atoms with van der Waals surface area (Å²) in [7, 11) is 0. The van der Waals surface area contributed by atoms with Gasteiger partial charge >= 0.3 is 0 Å². The minimum atomic E-state index is -0.526.